The van der Waals surface area contributed by atoms with Crippen LogP contribution in [0, 0.1) is 6.92 Å². The largest absolute Gasteiger partial charge is 0.340 e. The van der Waals surface area contributed by atoms with E-state index < -0.39 is 11.2 Å². The predicted molar refractivity (Wildman–Crippen MR) is 126 cm³/mol. The number of benzene rings is 1. The number of nitrogens with zero attached hydrogens (tertiary/aromatic N) is 5. The summed E-state index contributed by atoms with van der Waals surface area (Å²) in [6.07, 6.45) is 5.19. The Morgan fingerprint density at radius 3 is 2.31 bits per heavy atom. The number of aromatic nitrogens is 4. The highest BCUT2D eigenvalue weighted by Gasteiger charge is 2.20. The van der Waals surface area contributed by atoms with E-state index in [-0.39, 0.29) is 12.5 Å². The summed E-state index contributed by atoms with van der Waals surface area (Å²) >= 11 is 0. The van der Waals surface area contributed by atoms with Crippen molar-refractivity contribution >= 4 is 17.1 Å². The van der Waals surface area contributed by atoms with Crippen molar-refractivity contribution in [2.24, 2.45) is 0 Å². The van der Waals surface area contributed by atoms with Gasteiger partial charge in [0.15, 0.2) is 11.2 Å². The van der Waals surface area contributed by atoms with Crippen LogP contribution in [0.3, 0.4) is 0 Å². The average molecular weight is 440 g/mol. The topological polar surface area (TPSA) is 82.1 Å². The molecule has 0 atom stereocenters. The lowest BCUT2D eigenvalue weighted by Crippen LogP contribution is -2.44. The molecule has 0 aliphatic carbocycles. The molecule has 1 aromatic carbocycles. The van der Waals surface area contributed by atoms with Gasteiger partial charge in [-0.3, -0.25) is 14.2 Å². The number of imidazole rings is 1. The molecule has 0 aliphatic rings. The van der Waals surface area contributed by atoms with Gasteiger partial charge < -0.3 is 9.47 Å². The number of hydrogen-bond donors (Lipinski definition) is 0. The summed E-state index contributed by atoms with van der Waals surface area (Å²) in [5, 5.41) is 0. The van der Waals surface area contributed by atoms with E-state index in [4.69, 9.17) is 0 Å². The number of aryl methyl sites for hydroxylation is 3. The van der Waals surface area contributed by atoms with Crippen molar-refractivity contribution < 1.29 is 4.79 Å². The lowest BCUT2D eigenvalue weighted by atomic mass is 10.1. The maximum Gasteiger partial charge on any atom is 0.333 e. The zero-order valence-electron chi connectivity index (χ0n) is 19.5. The zero-order chi connectivity index (χ0) is 23.3. The fourth-order valence-electron chi connectivity index (χ4n) is 3.71. The fourth-order valence-corrected chi connectivity index (χ4v) is 3.71. The van der Waals surface area contributed by atoms with Gasteiger partial charge in [-0.15, -0.1) is 0 Å². The summed E-state index contributed by atoms with van der Waals surface area (Å²) in [6.45, 7) is 7.37. The van der Waals surface area contributed by atoms with Crippen LogP contribution < -0.4 is 11.2 Å². The van der Waals surface area contributed by atoms with Gasteiger partial charge in [0.2, 0.25) is 5.91 Å². The Kier molecular flexibility index (Phi) is 7.66. The van der Waals surface area contributed by atoms with E-state index in [1.165, 1.54) is 4.57 Å². The van der Waals surface area contributed by atoms with Crippen molar-refractivity contribution in [2.75, 3.05) is 7.05 Å². The molecule has 0 unspecified atom stereocenters. The fraction of sp³-hybridized carbons (Fsp3) is 0.500. The molecule has 0 spiro atoms. The monoisotopic (exact) mass is 439 g/mol. The molecule has 0 saturated heterocycles. The van der Waals surface area contributed by atoms with Gasteiger partial charge >= 0.3 is 5.69 Å². The number of amides is 1. The molecule has 0 bridgehead atoms. The lowest BCUT2D eigenvalue weighted by molar-refractivity contribution is -0.131. The SMILES string of the molecule is CCCCn1cnc2c1c(=O)n(CC(=O)N(C)Cc1ccc(C)cc1)c(=O)n2CCCC. The van der Waals surface area contributed by atoms with E-state index in [2.05, 4.69) is 11.9 Å². The van der Waals surface area contributed by atoms with Gasteiger partial charge in [0.1, 0.15) is 6.54 Å². The molecule has 8 heteroatoms. The van der Waals surface area contributed by atoms with Crippen LogP contribution in [0.25, 0.3) is 11.2 Å². The molecule has 2 heterocycles. The number of carbonyl (C=O) groups is 1. The lowest BCUT2D eigenvalue weighted by Gasteiger charge is -2.19. The third-order valence-corrected chi connectivity index (χ3v) is 5.73. The molecule has 0 aliphatic heterocycles. The maximum absolute atomic E-state index is 13.3. The molecule has 1 amide bonds. The first kappa shape index (κ1) is 23.5. The molecular formula is C24H33N5O3. The molecular weight excluding hydrogens is 406 g/mol. The van der Waals surface area contributed by atoms with Crippen LogP contribution >= 0.6 is 0 Å². The first-order valence-corrected chi connectivity index (χ1v) is 11.3. The van der Waals surface area contributed by atoms with Crippen molar-refractivity contribution in [3.8, 4) is 0 Å². The van der Waals surface area contributed by atoms with Gasteiger partial charge in [0.05, 0.1) is 6.33 Å². The number of hydrogen-bond acceptors (Lipinski definition) is 4. The smallest absolute Gasteiger partial charge is 0.333 e. The van der Waals surface area contributed by atoms with E-state index >= 15 is 0 Å². The maximum atomic E-state index is 13.3. The summed E-state index contributed by atoms with van der Waals surface area (Å²) in [5.41, 5.74) is 2.00. The van der Waals surface area contributed by atoms with Crippen LogP contribution in [0.1, 0.15) is 50.7 Å². The molecule has 0 fully saturated rings. The van der Waals surface area contributed by atoms with E-state index in [1.54, 1.807) is 22.8 Å². The molecule has 2 aromatic heterocycles. The first-order chi connectivity index (χ1) is 15.4. The summed E-state index contributed by atoms with van der Waals surface area (Å²) in [4.78, 5) is 45.4. The Balaban J connectivity index is 1.96. The highest BCUT2D eigenvalue weighted by Crippen LogP contribution is 2.10. The molecule has 0 saturated carbocycles. The van der Waals surface area contributed by atoms with Gasteiger partial charge in [0, 0.05) is 26.7 Å². The summed E-state index contributed by atoms with van der Waals surface area (Å²) in [7, 11) is 1.69. The Morgan fingerprint density at radius 1 is 1.00 bits per heavy atom. The zero-order valence-corrected chi connectivity index (χ0v) is 19.5. The summed E-state index contributed by atoms with van der Waals surface area (Å²) in [5.74, 6) is -0.286. The number of carbonyl (C=O) groups excluding carboxylic acids is 1. The minimum absolute atomic E-state index is 0.286. The third-order valence-electron chi connectivity index (χ3n) is 5.73. The highest BCUT2D eigenvalue weighted by atomic mass is 16.2. The quantitative estimate of drug-likeness (QED) is 0.486. The second-order valence-corrected chi connectivity index (χ2v) is 8.38. The highest BCUT2D eigenvalue weighted by molar-refractivity contribution is 5.76. The molecule has 0 radical (unpaired) electrons. The number of fused-ring (bicyclic) bond motifs is 1. The van der Waals surface area contributed by atoms with Crippen molar-refractivity contribution in [1.29, 1.82) is 0 Å². The molecule has 3 aromatic rings. The number of likely N-dealkylation sites (N-methyl/N-ethyl adjacent to an activating group) is 1. The second kappa shape index (κ2) is 10.4. The van der Waals surface area contributed by atoms with E-state index in [0.717, 1.165) is 41.4 Å². The van der Waals surface area contributed by atoms with Gasteiger partial charge in [-0.1, -0.05) is 56.5 Å². The third kappa shape index (κ3) is 5.00. The van der Waals surface area contributed by atoms with Crippen molar-refractivity contribution in [2.45, 2.75) is 72.6 Å². The molecule has 3 rings (SSSR count). The van der Waals surface area contributed by atoms with Gasteiger partial charge in [-0.2, -0.15) is 0 Å². The molecule has 8 nitrogen and oxygen atoms in total. The Bertz CT molecular complexity index is 1190. The summed E-state index contributed by atoms with van der Waals surface area (Å²) < 4.78 is 4.41. The average Bonchev–Trinajstić information content (AvgIpc) is 3.20. The van der Waals surface area contributed by atoms with Crippen molar-refractivity contribution in [1.82, 2.24) is 23.6 Å². The Hall–Kier alpha value is -3.16. The van der Waals surface area contributed by atoms with Crippen molar-refractivity contribution in [3.63, 3.8) is 0 Å². The Morgan fingerprint density at radius 2 is 1.66 bits per heavy atom. The van der Waals surface area contributed by atoms with E-state index in [1.807, 2.05) is 38.1 Å². The molecule has 0 N–H and O–H groups in total. The molecule has 32 heavy (non-hydrogen) atoms. The van der Waals surface area contributed by atoms with Crippen LogP contribution in [0.15, 0.2) is 40.2 Å². The van der Waals surface area contributed by atoms with Gasteiger partial charge in [0.25, 0.3) is 5.56 Å². The standard InChI is InChI=1S/C24H33N5O3/c1-5-7-13-27-17-25-22-21(27)23(31)29(24(32)28(22)14-8-6-2)16-20(30)26(4)15-19-11-9-18(3)10-12-19/h9-12,17H,5-8,13-16H2,1-4H3. The van der Waals surface area contributed by atoms with E-state index in [9.17, 15) is 14.4 Å². The number of rotatable bonds is 10. The second-order valence-electron chi connectivity index (χ2n) is 8.38. The predicted octanol–water partition coefficient (Wildman–Crippen LogP) is 2.93. The van der Waals surface area contributed by atoms with Crippen LogP contribution in [-0.2, 0) is 31.0 Å². The van der Waals surface area contributed by atoms with Crippen LogP contribution in [0.2, 0.25) is 0 Å². The van der Waals surface area contributed by atoms with Crippen LogP contribution in [0.4, 0.5) is 0 Å². The van der Waals surface area contributed by atoms with Crippen LogP contribution in [0.5, 0.6) is 0 Å². The first-order valence-electron chi connectivity index (χ1n) is 11.3. The molecule has 172 valence electrons. The number of unbranched alkanes of at least 4 members (excludes halogenated alkanes) is 2. The minimum Gasteiger partial charge on any atom is -0.340 e. The Labute approximate surface area is 188 Å². The summed E-state index contributed by atoms with van der Waals surface area (Å²) in [6, 6.07) is 7.94. The van der Waals surface area contributed by atoms with Gasteiger partial charge in [-0.25, -0.2) is 14.3 Å². The minimum atomic E-state index is -0.478. The normalized spacial score (nSPS) is 11.2. The van der Waals surface area contributed by atoms with E-state index in [0.29, 0.717) is 30.8 Å². The van der Waals surface area contributed by atoms with Gasteiger partial charge in [-0.05, 0) is 25.3 Å². The van der Waals surface area contributed by atoms with Crippen LogP contribution in [-0.4, -0.2) is 36.5 Å². The van der Waals surface area contributed by atoms with Crippen molar-refractivity contribution in [3.05, 3.63) is 62.6 Å².